The van der Waals surface area contributed by atoms with Crippen molar-refractivity contribution in [3.05, 3.63) is 29.8 Å². The lowest BCUT2D eigenvalue weighted by atomic mass is 10.2. The summed E-state index contributed by atoms with van der Waals surface area (Å²) >= 11 is 0. The summed E-state index contributed by atoms with van der Waals surface area (Å²) < 4.78 is 5.55. The Bertz CT molecular complexity index is 474. The molecule has 1 aliphatic rings. The van der Waals surface area contributed by atoms with E-state index < -0.39 is 5.97 Å². The molecule has 0 saturated heterocycles. The number of nitriles is 1. The molecule has 0 aromatic heterocycles. The summed E-state index contributed by atoms with van der Waals surface area (Å²) in [7, 11) is 0. The first-order valence-corrected chi connectivity index (χ1v) is 6.28. The second-order valence-corrected chi connectivity index (χ2v) is 4.58. The Morgan fingerprint density at radius 2 is 2.11 bits per heavy atom. The maximum Gasteiger partial charge on any atom is 0.317 e. The van der Waals surface area contributed by atoms with Gasteiger partial charge in [0, 0.05) is 12.6 Å². The predicted molar refractivity (Wildman–Crippen MR) is 68.9 cm³/mol. The predicted octanol–water partition coefficient (Wildman–Crippen LogP) is 1.49. The SMILES string of the molecule is N#Cc1ccc(OCCN(CC(=O)O)C2CC2)cc1. The Kier molecular flexibility index (Phi) is 4.37. The fourth-order valence-electron chi connectivity index (χ4n) is 1.91. The summed E-state index contributed by atoms with van der Waals surface area (Å²) in [5, 5.41) is 17.5. The first kappa shape index (κ1) is 13.4. The van der Waals surface area contributed by atoms with E-state index in [4.69, 9.17) is 15.1 Å². The normalized spacial score (nSPS) is 14.1. The average molecular weight is 260 g/mol. The van der Waals surface area contributed by atoms with Crippen molar-refractivity contribution in [3.63, 3.8) is 0 Å². The second-order valence-electron chi connectivity index (χ2n) is 4.58. The van der Waals surface area contributed by atoms with E-state index >= 15 is 0 Å². The fraction of sp³-hybridized carbons (Fsp3) is 0.429. The quantitative estimate of drug-likeness (QED) is 0.804. The van der Waals surface area contributed by atoms with Gasteiger partial charge in [0.25, 0.3) is 0 Å². The van der Waals surface area contributed by atoms with Gasteiger partial charge >= 0.3 is 5.97 Å². The van der Waals surface area contributed by atoms with Crippen LogP contribution >= 0.6 is 0 Å². The van der Waals surface area contributed by atoms with Gasteiger partial charge in [-0.15, -0.1) is 0 Å². The zero-order valence-electron chi connectivity index (χ0n) is 10.6. The van der Waals surface area contributed by atoms with Gasteiger partial charge in [-0.05, 0) is 37.1 Å². The van der Waals surface area contributed by atoms with Gasteiger partial charge in [0.05, 0.1) is 18.2 Å². The Hall–Kier alpha value is -2.06. The Morgan fingerprint density at radius 3 is 2.63 bits per heavy atom. The van der Waals surface area contributed by atoms with E-state index in [0.717, 1.165) is 12.8 Å². The lowest BCUT2D eigenvalue weighted by molar-refractivity contribution is -0.138. The van der Waals surface area contributed by atoms with Crippen molar-refractivity contribution in [2.75, 3.05) is 19.7 Å². The number of hydrogen-bond acceptors (Lipinski definition) is 4. The average Bonchev–Trinajstić information content (AvgIpc) is 3.22. The summed E-state index contributed by atoms with van der Waals surface area (Å²) in [5.74, 6) is -0.102. The first-order chi connectivity index (χ1) is 9.19. The summed E-state index contributed by atoms with van der Waals surface area (Å²) in [4.78, 5) is 12.7. The largest absolute Gasteiger partial charge is 0.492 e. The van der Waals surface area contributed by atoms with Crippen molar-refractivity contribution in [2.45, 2.75) is 18.9 Å². The van der Waals surface area contributed by atoms with Crippen LogP contribution in [0.2, 0.25) is 0 Å². The summed E-state index contributed by atoms with van der Waals surface area (Å²) in [6.45, 7) is 1.13. The van der Waals surface area contributed by atoms with Crippen molar-refractivity contribution >= 4 is 5.97 Å². The highest BCUT2D eigenvalue weighted by Crippen LogP contribution is 2.26. The van der Waals surface area contributed by atoms with Crippen LogP contribution in [0.5, 0.6) is 5.75 Å². The van der Waals surface area contributed by atoms with Crippen LogP contribution in [0, 0.1) is 11.3 Å². The molecule has 2 rings (SSSR count). The minimum atomic E-state index is -0.801. The van der Waals surface area contributed by atoms with E-state index in [2.05, 4.69) is 0 Å². The number of benzene rings is 1. The maximum atomic E-state index is 10.7. The first-order valence-electron chi connectivity index (χ1n) is 6.28. The van der Waals surface area contributed by atoms with Gasteiger partial charge in [0.2, 0.25) is 0 Å². The summed E-state index contributed by atoms with van der Waals surface area (Å²) in [6.07, 6.45) is 2.15. The molecule has 1 aliphatic carbocycles. The van der Waals surface area contributed by atoms with Gasteiger partial charge in [0.15, 0.2) is 0 Å². The molecular weight excluding hydrogens is 244 g/mol. The van der Waals surface area contributed by atoms with Crippen LogP contribution in [0.4, 0.5) is 0 Å². The number of nitrogens with zero attached hydrogens (tertiary/aromatic N) is 2. The van der Waals surface area contributed by atoms with Crippen molar-refractivity contribution in [1.82, 2.24) is 4.90 Å². The molecule has 5 heteroatoms. The van der Waals surface area contributed by atoms with Crippen LogP contribution in [0.1, 0.15) is 18.4 Å². The van der Waals surface area contributed by atoms with Gasteiger partial charge < -0.3 is 9.84 Å². The highest BCUT2D eigenvalue weighted by Gasteiger charge is 2.29. The van der Waals surface area contributed by atoms with Crippen LogP contribution in [0.15, 0.2) is 24.3 Å². The number of rotatable bonds is 7. The number of carboxylic acids is 1. The number of carboxylic acid groups (broad SMARTS) is 1. The number of ether oxygens (including phenoxy) is 1. The molecule has 5 nitrogen and oxygen atoms in total. The third-order valence-electron chi connectivity index (χ3n) is 3.03. The zero-order valence-corrected chi connectivity index (χ0v) is 10.6. The monoisotopic (exact) mass is 260 g/mol. The molecule has 0 unspecified atom stereocenters. The second kappa shape index (κ2) is 6.21. The van der Waals surface area contributed by atoms with Gasteiger partial charge in [-0.25, -0.2) is 0 Å². The number of carbonyl (C=O) groups is 1. The molecule has 0 amide bonds. The molecule has 100 valence electrons. The molecule has 0 spiro atoms. The molecule has 0 atom stereocenters. The van der Waals surface area contributed by atoms with E-state index in [1.807, 2.05) is 11.0 Å². The molecule has 1 N–H and O–H groups in total. The standard InChI is InChI=1S/C14H16N2O3/c15-9-11-1-5-13(6-2-11)19-8-7-16(10-14(17)18)12-3-4-12/h1-2,5-6,12H,3-4,7-8,10H2,(H,17,18). The molecule has 0 aliphatic heterocycles. The van der Waals surface area contributed by atoms with E-state index in [0.29, 0.717) is 30.5 Å². The number of hydrogen-bond donors (Lipinski definition) is 1. The van der Waals surface area contributed by atoms with Gasteiger partial charge in [-0.3, -0.25) is 9.69 Å². The van der Waals surface area contributed by atoms with Gasteiger partial charge in [-0.2, -0.15) is 5.26 Å². The minimum Gasteiger partial charge on any atom is -0.492 e. The minimum absolute atomic E-state index is 0.0708. The van der Waals surface area contributed by atoms with Crippen LogP contribution < -0.4 is 4.74 Å². The molecule has 0 bridgehead atoms. The lowest BCUT2D eigenvalue weighted by Crippen LogP contribution is -2.35. The molecule has 1 aromatic carbocycles. The summed E-state index contributed by atoms with van der Waals surface area (Å²) in [5.41, 5.74) is 0.595. The van der Waals surface area contributed by atoms with Crippen LogP contribution in [-0.2, 0) is 4.79 Å². The zero-order chi connectivity index (χ0) is 13.7. The molecule has 0 radical (unpaired) electrons. The lowest BCUT2D eigenvalue weighted by Gasteiger charge is -2.19. The van der Waals surface area contributed by atoms with Crippen molar-refractivity contribution in [1.29, 1.82) is 5.26 Å². The highest BCUT2D eigenvalue weighted by molar-refractivity contribution is 5.69. The van der Waals surface area contributed by atoms with Crippen LogP contribution in [-0.4, -0.2) is 41.7 Å². The molecule has 1 fully saturated rings. The Balaban J connectivity index is 1.77. The van der Waals surface area contributed by atoms with Gasteiger partial charge in [0.1, 0.15) is 12.4 Å². The van der Waals surface area contributed by atoms with Crippen molar-refractivity contribution < 1.29 is 14.6 Å². The van der Waals surface area contributed by atoms with E-state index in [-0.39, 0.29) is 6.54 Å². The van der Waals surface area contributed by atoms with Crippen molar-refractivity contribution in [3.8, 4) is 11.8 Å². The Labute approximate surface area is 112 Å². The topological polar surface area (TPSA) is 73.6 Å². The van der Waals surface area contributed by atoms with Gasteiger partial charge in [-0.1, -0.05) is 0 Å². The number of aliphatic carboxylic acids is 1. The summed E-state index contributed by atoms with van der Waals surface area (Å²) in [6, 6.07) is 9.34. The van der Waals surface area contributed by atoms with Crippen molar-refractivity contribution in [2.24, 2.45) is 0 Å². The van der Waals surface area contributed by atoms with E-state index in [1.165, 1.54) is 0 Å². The Morgan fingerprint density at radius 1 is 1.42 bits per heavy atom. The fourth-order valence-corrected chi connectivity index (χ4v) is 1.91. The molecule has 19 heavy (non-hydrogen) atoms. The van der Waals surface area contributed by atoms with E-state index in [9.17, 15) is 4.79 Å². The maximum absolute atomic E-state index is 10.7. The molecule has 1 aromatic rings. The third kappa shape index (κ3) is 4.27. The molecule has 0 heterocycles. The molecular formula is C14H16N2O3. The third-order valence-corrected chi connectivity index (χ3v) is 3.03. The molecule has 1 saturated carbocycles. The van der Waals surface area contributed by atoms with Crippen LogP contribution in [0.3, 0.4) is 0 Å². The van der Waals surface area contributed by atoms with E-state index in [1.54, 1.807) is 24.3 Å². The highest BCUT2D eigenvalue weighted by atomic mass is 16.5. The smallest absolute Gasteiger partial charge is 0.317 e. The van der Waals surface area contributed by atoms with Crippen LogP contribution in [0.25, 0.3) is 0 Å².